The Kier molecular flexibility index (Phi) is 3.43. The summed E-state index contributed by atoms with van der Waals surface area (Å²) in [6.45, 7) is 0.900. The van der Waals surface area contributed by atoms with Gasteiger partial charge in [0.15, 0.2) is 5.65 Å². The maximum atomic E-state index is 13.4. The molecular formula is C19H18FN5O2. The van der Waals surface area contributed by atoms with Gasteiger partial charge in [0, 0.05) is 32.0 Å². The molecule has 0 unspecified atom stereocenters. The van der Waals surface area contributed by atoms with Crippen molar-refractivity contribution in [1.82, 2.24) is 24.0 Å². The van der Waals surface area contributed by atoms with Crippen LogP contribution in [0, 0.1) is 5.82 Å². The second-order valence-corrected chi connectivity index (χ2v) is 7.33. The van der Waals surface area contributed by atoms with E-state index in [1.54, 1.807) is 24.2 Å². The Bertz CT molecular complexity index is 1120. The summed E-state index contributed by atoms with van der Waals surface area (Å²) in [5.74, 6) is 0.810. The third-order valence-corrected chi connectivity index (χ3v) is 5.43. The molecular weight excluding hydrogens is 349 g/mol. The molecule has 1 aromatic carbocycles. The molecule has 8 heteroatoms. The van der Waals surface area contributed by atoms with Gasteiger partial charge in [-0.1, -0.05) is 12.1 Å². The van der Waals surface area contributed by atoms with Gasteiger partial charge in [-0.15, -0.1) is 0 Å². The molecule has 0 atom stereocenters. The van der Waals surface area contributed by atoms with E-state index >= 15 is 0 Å². The summed E-state index contributed by atoms with van der Waals surface area (Å²) in [5.41, 5.74) is 1.34. The number of benzene rings is 1. The highest BCUT2D eigenvalue weighted by Crippen LogP contribution is 2.38. The third-order valence-electron chi connectivity index (χ3n) is 5.43. The molecule has 1 saturated carbocycles. The Morgan fingerprint density at radius 3 is 2.70 bits per heavy atom. The summed E-state index contributed by atoms with van der Waals surface area (Å²) in [4.78, 5) is 36.0. The Balaban J connectivity index is 1.45. The first-order chi connectivity index (χ1) is 13.0. The highest BCUT2D eigenvalue weighted by molar-refractivity contribution is 5.87. The van der Waals surface area contributed by atoms with Gasteiger partial charge in [0.05, 0.1) is 6.20 Å². The molecule has 138 valence electrons. The number of hydrogen-bond acceptors (Lipinski definition) is 4. The molecule has 1 amide bonds. The number of carbonyl (C=O) groups excluding carboxylic acids is 1. The minimum atomic E-state index is -0.425. The van der Waals surface area contributed by atoms with Crippen LogP contribution in [0.25, 0.3) is 11.2 Å². The van der Waals surface area contributed by atoms with E-state index in [0.717, 1.165) is 23.0 Å². The largest absolute Gasteiger partial charge is 0.338 e. The van der Waals surface area contributed by atoms with Crippen molar-refractivity contribution in [3.05, 3.63) is 58.2 Å². The van der Waals surface area contributed by atoms with Crippen LogP contribution in [-0.4, -0.2) is 43.1 Å². The second kappa shape index (κ2) is 5.73. The number of likely N-dealkylation sites (tertiary alicyclic amines) is 1. The number of aryl methyl sites for hydroxylation is 1. The number of amides is 1. The van der Waals surface area contributed by atoms with E-state index in [9.17, 15) is 14.0 Å². The number of carbonyl (C=O) groups is 1. The molecule has 3 aromatic rings. The first-order valence-electron chi connectivity index (χ1n) is 9.02. The minimum absolute atomic E-state index is 0.0759. The average molecular weight is 367 g/mol. The van der Waals surface area contributed by atoms with Crippen molar-refractivity contribution in [1.29, 1.82) is 0 Å². The zero-order valence-electron chi connectivity index (χ0n) is 14.8. The van der Waals surface area contributed by atoms with Gasteiger partial charge in [-0.25, -0.2) is 23.9 Å². The van der Waals surface area contributed by atoms with Crippen LogP contribution in [0.1, 0.15) is 36.1 Å². The summed E-state index contributed by atoms with van der Waals surface area (Å²) in [7, 11) is 1.61. The molecule has 0 N–H and O–H groups in total. The molecule has 0 bridgehead atoms. The Morgan fingerprint density at radius 1 is 1.22 bits per heavy atom. The fourth-order valence-corrected chi connectivity index (χ4v) is 3.58. The van der Waals surface area contributed by atoms with Crippen LogP contribution in [0.2, 0.25) is 0 Å². The van der Waals surface area contributed by atoms with Gasteiger partial charge in [-0.2, -0.15) is 4.57 Å². The van der Waals surface area contributed by atoms with Gasteiger partial charge in [0.2, 0.25) is 0 Å². The van der Waals surface area contributed by atoms with E-state index in [-0.39, 0.29) is 11.7 Å². The summed E-state index contributed by atoms with van der Waals surface area (Å²) in [5, 5.41) is 0. The van der Waals surface area contributed by atoms with Gasteiger partial charge in [-0.05, 0) is 30.5 Å². The topological polar surface area (TPSA) is 73.0 Å². The molecule has 5 rings (SSSR count). The number of halogens is 1. The van der Waals surface area contributed by atoms with Crippen molar-refractivity contribution in [2.75, 3.05) is 13.1 Å². The predicted molar refractivity (Wildman–Crippen MR) is 96.3 cm³/mol. The fraction of sp³-hybridized carbons (Fsp3) is 0.368. The van der Waals surface area contributed by atoms with Gasteiger partial charge in [0.25, 0.3) is 0 Å². The summed E-state index contributed by atoms with van der Waals surface area (Å²) < 4.78 is 15.9. The van der Waals surface area contributed by atoms with Crippen molar-refractivity contribution in [2.24, 2.45) is 7.05 Å². The zero-order valence-corrected chi connectivity index (χ0v) is 14.8. The lowest BCUT2D eigenvalue weighted by molar-refractivity contribution is 0.152. The van der Waals surface area contributed by atoms with E-state index in [4.69, 9.17) is 0 Å². The molecule has 1 aliphatic heterocycles. The molecule has 0 radical (unpaired) electrons. The highest BCUT2D eigenvalue weighted by atomic mass is 19.1. The number of aromatic nitrogens is 4. The number of nitrogens with zero attached hydrogens (tertiary/aromatic N) is 5. The maximum absolute atomic E-state index is 13.4. The lowest BCUT2D eigenvalue weighted by Gasteiger charge is -2.39. The van der Waals surface area contributed by atoms with Gasteiger partial charge in [0.1, 0.15) is 17.2 Å². The monoisotopic (exact) mass is 367 g/mol. The second-order valence-electron chi connectivity index (χ2n) is 7.33. The van der Waals surface area contributed by atoms with E-state index < -0.39 is 11.7 Å². The van der Waals surface area contributed by atoms with E-state index in [2.05, 4.69) is 9.97 Å². The lowest BCUT2D eigenvalue weighted by atomic mass is 9.92. The molecule has 3 heterocycles. The first-order valence-corrected chi connectivity index (χ1v) is 9.02. The Hall–Kier alpha value is -3.03. The van der Waals surface area contributed by atoms with Crippen molar-refractivity contribution >= 4 is 17.2 Å². The lowest BCUT2D eigenvalue weighted by Crippen LogP contribution is -2.52. The molecule has 2 aliphatic rings. The third kappa shape index (κ3) is 2.55. The van der Waals surface area contributed by atoms with Gasteiger partial charge in [-0.3, -0.25) is 4.57 Å². The Morgan fingerprint density at radius 2 is 2.00 bits per heavy atom. The predicted octanol–water partition coefficient (Wildman–Crippen LogP) is 2.21. The van der Waals surface area contributed by atoms with Crippen LogP contribution in [0.4, 0.5) is 9.18 Å². The molecule has 1 saturated heterocycles. The number of hydrogen-bond donors (Lipinski definition) is 0. The van der Waals surface area contributed by atoms with E-state index in [0.29, 0.717) is 36.0 Å². The molecule has 1 aliphatic carbocycles. The fourth-order valence-electron chi connectivity index (χ4n) is 3.58. The maximum Gasteiger partial charge on any atom is 0.338 e. The smallest absolute Gasteiger partial charge is 0.323 e. The first kappa shape index (κ1) is 16.2. The van der Waals surface area contributed by atoms with E-state index in [1.807, 2.05) is 6.07 Å². The van der Waals surface area contributed by atoms with Crippen LogP contribution < -0.4 is 5.69 Å². The minimum Gasteiger partial charge on any atom is -0.323 e. The van der Waals surface area contributed by atoms with Gasteiger partial charge < -0.3 is 4.90 Å². The van der Waals surface area contributed by atoms with Crippen LogP contribution in [0.3, 0.4) is 0 Å². The number of imidazole rings is 1. The molecule has 0 spiro atoms. The summed E-state index contributed by atoms with van der Waals surface area (Å²) >= 11 is 0. The SMILES string of the molecule is Cn1c(=O)n(C(=O)N2CC(c3cccc(F)c3)C2)c2nc(C3CC3)ncc21. The van der Waals surface area contributed by atoms with Crippen LogP contribution in [0.5, 0.6) is 0 Å². The Labute approximate surface area is 154 Å². The quantitative estimate of drug-likeness (QED) is 0.696. The zero-order chi connectivity index (χ0) is 18.7. The van der Waals surface area contributed by atoms with Crippen molar-refractivity contribution < 1.29 is 9.18 Å². The number of rotatable bonds is 2. The molecule has 2 aromatic heterocycles. The van der Waals surface area contributed by atoms with Crippen molar-refractivity contribution in [2.45, 2.75) is 24.7 Å². The normalized spacial score (nSPS) is 17.3. The van der Waals surface area contributed by atoms with Crippen LogP contribution in [0.15, 0.2) is 35.3 Å². The number of fused-ring (bicyclic) bond motifs is 1. The summed E-state index contributed by atoms with van der Waals surface area (Å²) in [6, 6.07) is 6.03. The highest BCUT2D eigenvalue weighted by Gasteiger charge is 2.35. The van der Waals surface area contributed by atoms with Gasteiger partial charge >= 0.3 is 11.7 Å². The van der Waals surface area contributed by atoms with Crippen molar-refractivity contribution in [3.8, 4) is 0 Å². The molecule has 27 heavy (non-hydrogen) atoms. The standard InChI is InChI=1S/C19H18FN5O2/c1-23-15-8-21-16(11-5-6-11)22-17(15)25(18(23)26)19(27)24-9-13(10-24)12-3-2-4-14(20)7-12/h2-4,7-8,11,13H,5-6,9-10H2,1H3. The average Bonchev–Trinajstić information content (AvgIpc) is 3.42. The molecule has 2 fully saturated rings. The van der Waals surface area contributed by atoms with Crippen molar-refractivity contribution in [3.63, 3.8) is 0 Å². The van der Waals surface area contributed by atoms with Crippen LogP contribution in [-0.2, 0) is 7.05 Å². The molecule has 7 nitrogen and oxygen atoms in total. The summed E-state index contributed by atoms with van der Waals surface area (Å²) in [6.07, 6.45) is 3.70. The van der Waals surface area contributed by atoms with E-state index in [1.165, 1.54) is 16.7 Å². The van der Waals surface area contributed by atoms with Crippen LogP contribution >= 0.6 is 0 Å².